The van der Waals surface area contributed by atoms with Crippen molar-refractivity contribution in [1.29, 1.82) is 0 Å². The van der Waals surface area contributed by atoms with Crippen molar-refractivity contribution in [3.8, 4) is 30.4 Å². The largest absolute Gasteiger partial charge is 0.481 e. The summed E-state index contributed by atoms with van der Waals surface area (Å²) >= 11 is 0. The smallest absolute Gasteiger partial charge is 0.148 e. The Labute approximate surface area is 110 Å². The van der Waals surface area contributed by atoms with E-state index in [2.05, 4.69) is 24.1 Å². The predicted octanol–water partition coefficient (Wildman–Crippen LogP) is 2.59. The Morgan fingerprint density at radius 1 is 1.33 bits per heavy atom. The van der Waals surface area contributed by atoms with Crippen LogP contribution < -0.4 is 10.1 Å². The van der Waals surface area contributed by atoms with E-state index < -0.39 is 0 Å². The fraction of sp³-hybridized carbons (Fsp3) is 0.375. The lowest BCUT2D eigenvalue weighted by Gasteiger charge is -2.14. The van der Waals surface area contributed by atoms with Crippen molar-refractivity contribution in [2.45, 2.75) is 32.4 Å². The van der Waals surface area contributed by atoms with Gasteiger partial charge in [-0.25, -0.2) is 0 Å². The number of nitrogens with one attached hydrogen (secondary N) is 1. The summed E-state index contributed by atoms with van der Waals surface area (Å²) in [5.74, 6) is 6.03. The Morgan fingerprint density at radius 2 is 2.11 bits per heavy atom. The van der Waals surface area contributed by atoms with Crippen molar-refractivity contribution < 1.29 is 4.74 Å². The fourth-order valence-corrected chi connectivity index (χ4v) is 1.68. The molecule has 0 bridgehead atoms. The molecule has 0 aliphatic carbocycles. The van der Waals surface area contributed by atoms with Gasteiger partial charge in [0.15, 0.2) is 0 Å². The zero-order chi connectivity index (χ0) is 13.2. The van der Waals surface area contributed by atoms with Crippen LogP contribution in [-0.2, 0) is 6.54 Å². The first-order chi connectivity index (χ1) is 8.81. The number of hydrogen-bond donors (Lipinski definition) is 1. The molecule has 1 aromatic rings. The molecule has 0 amide bonds. The maximum absolute atomic E-state index is 5.48. The van der Waals surface area contributed by atoms with Crippen LogP contribution in [0.3, 0.4) is 0 Å². The van der Waals surface area contributed by atoms with Gasteiger partial charge in [0.25, 0.3) is 0 Å². The highest BCUT2D eigenvalue weighted by Crippen LogP contribution is 2.17. The lowest BCUT2D eigenvalue weighted by Crippen LogP contribution is -2.27. The van der Waals surface area contributed by atoms with Gasteiger partial charge >= 0.3 is 0 Å². The first kappa shape index (κ1) is 14.2. The average Bonchev–Trinajstić information content (AvgIpc) is 2.42. The summed E-state index contributed by atoms with van der Waals surface area (Å²) in [6.07, 6.45) is 12.7. The number of terminal acetylenes is 2. The highest BCUT2D eigenvalue weighted by molar-refractivity contribution is 5.33. The molecule has 0 saturated heterocycles. The molecule has 1 unspecified atom stereocenters. The third-order valence-electron chi connectivity index (χ3n) is 2.60. The van der Waals surface area contributed by atoms with Crippen molar-refractivity contribution >= 4 is 0 Å². The Morgan fingerprint density at radius 3 is 2.78 bits per heavy atom. The van der Waals surface area contributed by atoms with E-state index in [1.54, 1.807) is 0 Å². The number of ether oxygens (including phenoxy) is 1. The Kier molecular flexibility index (Phi) is 6.47. The summed E-state index contributed by atoms with van der Waals surface area (Å²) in [6.45, 7) is 3.09. The second-order valence-corrected chi connectivity index (χ2v) is 3.99. The zero-order valence-electron chi connectivity index (χ0n) is 10.8. The monoisotopic (exact) mass is 241 g/mol. The molecule has 18 heavy (non-hydrogen) atoms. The maximum atomic E-state index is 5.48. The normalized spacial score (nSPS) is 11.3. The van der Waals surface area contributed by atoms with Crippen LogP contribution in [0.15, 0.2) is 24.3 Å². The van der Waals surface area contributed by atoms with Gasteiger partial charge in [0, 0.05) is 12.1 Å². The molecule has 0 spiro atoms. The molecule has 0 fully saturated rings. The molecule has 2 heteroatoms. The standard InChI is InChI=1S/C16H19NO/c1-4-9-15(6-3)17-13-14-10-7-8-11-16(14)18-12-5-2/h2-3,7-8,10-11,15,17H,4,9,12-13H2,1H3. The number of hydrogen-bond acceptors (Lipinski definition) is 2. The van der Waals surface area contributed by atoms with E-state index in [-0.39, 0.29) is 12.6 Å². The molecule has 94 valence electrons. The lowest BCUT2D eigenvalue weighted by atomic mass is 10.1. The minimum Gasteiger partial charge on any atom is -0.481 e. The van der Waals surface area contributed by atoms with E-state index in [4.69, 9.17) is 17.6 Å². The van der Waals surface area contributed by atoms with Crippen LogP contribution in [0, 0.1) is 24.7 Å². The average molecular weight is 241 g/mol. The number of para-hydroxylation sites is 1. The van der Waals surface area contributed by atoms with Gasteiger partial charge in [0.1, 0.15) is 12.4 Å². The fourth-order valence-electron chi connectivity index (χ4n) is 1.68. The van der Waals surface area contributed by atoms with Crippen LogP contribution in [0.1, 0.15) is 25.3 Å². The lowest BCUT2D eigenvalue weighted by molar-refractivity contribution is 0.364. The first-order valence-electron chi connectivity index (χ1n) is 6.15. The summed E-state index contributed by atoms with van der Waals surface area (Å²) in [7, 11) is 0. The molecule has 0 aliphatic heterocycles. The van der Waals surface area contributed by atoms with E-state index >= 15 is 0 Å². The van der Waals surface area contributed by atoms with E-state index in [0.29, 0.717) is 6.54 Å². The van der Waals surface area contributed by atoms with Crippen LogP contribution in [-0.4, -0.2) is 12.6 Å². The summed E-state index contributed by atoms with van der Waals surface area (Å²) in [5, 5.41) is 3.34. The summed E-state index contributed by atoms with van der Waals surface area (Å²) in [6, 6.07) is 7.94. The SMILES string of the molecule is C#CCOc1ccccc1CNC(C#C)CCC. The molecular weight excluding hydrogens is 222 g/mol. The molecule has 1 aromatic carbocycles. The maximum Gasteiger partial charge on any atom is 0.148 e. The van der Waals surface area contributed by atoms with E-state index in [1.807, 2.05) is 24.3 Å². The molecule has 1 atom stereocenters. The van der Waals surface area contributed by atoms with Gasteiger partial charge in [0.2, 0.25) is 0 Å². The van der Waals surface area contributed by atoms with Crippen molar-refractivity contribution in [2.75, 3.05) is 6.61 Å². The van der Waals surface area contributed by atoms with Crippen LogP contribution in [0.5, 0.6) is 5.75 Å². The van der Waals surface area contributed by atoms with Crippen molar-refractivity contribution in [3.05, 3.63) is 29.8 Å². The highest BCUT2D eigenvalue weighted by Gasteiger charge is 2.06. The molecule has 1 N–H and O–H groups in total. The third kappa shape index (κ3) is 4.53. The molecule has 0 radical (unpaired) electrons. The topological polar surface area (TPSA) is 21.3 Å². The van der Waals surface area contributed by atoms with Gasteiger partial charge in [-0.05, 0) is 12.5 Å². The summed E-state index contributed by atoms with van der Waals surface area (Å²) in [4.78, 5) is 0. The molecular formula is C16H19NO. The molecule has 0 aliphatic rings. The third-order valence-corrected chi connectivity index (χ3v) is 2.60. The molecule has 0 heterocycles. The van der Waals surface area contributed by atoms with Gasteiger partial charge in [0.05, 0.1) is 6.04 Å². The van der Waals surface area contributed by atoms with E-state index in [1.165, 1.54) is 0 Å². The van der Waals surface area contributed by atoms with Gasteiger partial charge in [-0.1, -0.05) is 43.4 Å². The minimum atomic E-state index is 0.107. The molecule has 1 rings (SSSR count). The zero-order valence-corrected chi connectivity index (χ0v) is 10.8. The van der Waals surface area contributed by atoms with Crippen molar-refractivity contribution in [1.82, 2.24) is 5.32 Å². The molecule has 0 aromatic heterocycles. The van der Waals surface area contributed by atoms with Crippen molar-refractivity contribution in [3.63, 3.8) is 0 Å². The summed E-state index contributed by atoms with van der Waals surface area (Å²) < 4.78 is 5.48. The predicted molar refractivity (Wildman–Crippen MR) is 75.1 cm³/mol. The van der Waals surface area contributed by atoms with Gasteiger partial charge in [-0.3, -0.25) is 5.32 Å². The van der Waals surface area contributed by atoms with Gasteiger partial charge in [-0.15, -0.1) is 12.8 Å². The van der Waals surface area contributed by atoms with Crippen LogP contribution in [0.25, 0.3) is 0 Å². The van der Waals surface area contributed by atoms with Crippen LogP contribution in [0.2, 0.25) is 0 Å². The van der Waals surface area contributed by atoms with E-state index in [9.17, 15) is 0 Å². The summed E-state index contributed by atoms with van der Waals surface area (Å²) in [5.41, 5.74) is 1.07. The van der Waals surface area contributed by atoms with Crippen LogP contribution >= 0.6 is 0 Å². The molecule has 0 saturated carbocycles. The number of rotatable bonds is 7. The Balaban J connectivity index is 2.61. The minimum absolute atomic E-state index is 0.107. The van der Waals surface area contributed by atoms with Crippen LogP contribution in [0.4, 0.5) is 0 Å². The highest BCUT2D eigenvalue weighted by atomic mass is 16.5. The quantitative estimate of drug-likeness (QED) is 0.741. The number of benzene rings is 1. The Bertz CT molecular complexity index is 439. The Hall–Kier alpha value is -1.90. The van der Waals surface area contributed by atoms with Crippen molar-refractivity contribution in [2.24, 2.45) is 0 Å². The van der Waals surface area contributed by atoms with Gasteiger partial charge < -0.3 is 4.74 Å². The molecule has 2 nitrogen and oxygen atoms in total. The van der Waals surface area contributed by atoms with Gasteiger partial charge in [-0.2, -0.15) is 0 Å². The second-order valence-electron chi connectivity index (χ2n) is 3.99. The second kappa shape index (κ2) is 8.23. The van der Waals surface area contributed by atoms with E-state index in [0.717, 1.165) is 24.2 Å². The first-order valence-corrected chi connectivity index (χ1v) is 6.15.